The van der Waals surface area contributed by atoms with Gasteiger partial charge < -0.3 is 15.0 Å². The summed E-state index contributed by atoms with van der Waals surface area (Å²) in [5.41, 5.74) is 0. The Morgan fingerprint density at radius 3 is 3.00 bits per heavy atom. The molecule has 0 saturated carbocycles. The minimum absolute atomic E-state index is 0.0619. The van der Waals surface area contributed by atoms with Crippen molar-refractivity contribution in [3.05, 3.63) is 12.4 Å². The highest BCUT2D eigenvalue weighted by molar-refractivity contribution is 7.99. The van der Waals surface area contributed by atoms with Crippen molar-refractivity contribution in [2.75, 3.05) is 12.3 Å². The van der Waals surface area contributed by atoms with Crippen LogP contribution >= 0.6 is 11.8 Å². The summed E-state index contributed by atoms with van der Waals surface area (Å²) >= 11 is 1.10. The van der Waals surface area contributed by atoms with Crippen LogP contribution in [-0.4, -0.2) is 38.8 Å². The molecule has 0 spiro atoms. The van der Waals surface area contributed by atoms with Crippen LogP contribution in [0.2, 0.25) is 0 Å². The van der Waals surface area contributed by atoms with Crippen molar-refractivity contribution in [1.29, 1.82) is 0 Å². The number of imidazole rings is 1. The number of rotatable bonds is 7. The summed E-state index contributed by atoms with van der Waals surface area (Å²) in [4.78, 5) is 25.9. The molecule has 94 valence electrons. The second-order valence-corrected chi connectivity index (χ2v) is 4.31. The molecule has 0 fully saturated rings. The van der Waals surface area contributed by atoms with E-state index in [1.807, 2.05) is 6.92 Å². The first-order valence-electron chi connectivity index (χ1n) is 5.26. The van der Waals surface area contributed by atoms with Crippen molar-refractivity contribution in [3.8, 4) is 0 Å². The lowest BCUT2D eigenvalue weighted by atomic mass is 10.4. The number of carboxylic acid groups (broad SMARTS) is 1. The highest BCUT2D eigenvalue weighted by atomic mass is 32.2. The van der Waals surface area contributed by atoms with E-state index >= 15 is 0 Å². The molecule has 1 rings (SSSR count). The molecular formula is C10H15N3O3S. The van der Waals surface area contributed by atoms with E-state index in [2.05, 4.69) is 10.3 Å². The van der Waals surface area contributed by atoms with Crippen molar-refractivity contribution < 1.29 is 14.7 Å². The van der Waals surface area contributed by atoms with Crippen LogP contribution in [0, 0.1) is 0 Å². The van der Waals surface area contributed by atoms with Gasteiger partial charge in [0.05, 0.1) is 5.75 Å². The van der Waals surface area contributed by atoms with Gasteiger partial charge in [-0.2, -0.15) is 0 Å². The van der Waals surface area contributed by atoms with Crippen LogP contribution in [0.4, 0.5) is 0 Å². The molecule has 0 aliphatic carbocycles. The van der Waals surface area contributed by atoms with Crippen molar-refractivity contribution in [1.82, 2.24) is 14.9 Å². The highest BCUT2D eigenvalue weighted by Crippen LogP contribution is 2.14. The van der Waals surface area contributed by atoms with Crippen LogP contribution < -0.4 is 5.32 Å². The number of hydrogen-bond acceptors (Lipinski definition) is 4. The number of nitrogens with zero attached hydrogens (tertiary/aromatic N) is 2. The van der Waals surface area contributed by atoms with Crippen LogP contribution in [0.5, 0.6) is 0 Å². The molecule has 17 heavy (non-hydrogen) atoms. The van der Waals surface area contributed by atoms with Crippen molar-refractivity contribution in [2.24, 2.45) is 0 Å². The van der Waals surface area contributed by atoms with Crippen LogP contribution in [0.3, 0.4) is 0 Å². The Morgan fingerprint density at radius 2 is 2.35 bits per heavy atom. The van der Waals surface area contributed by atoms with Crippen LogP contribution in [0.25, 0.3) is 0 Å². The molecule has 2 N–H and O–H groups in total. The molecule has 0 aliphatic heterocycles. The zero-order valence-electron chi connectivity index (χ0n) is 9.55. The SMILES string of the molecule is CCCNC(=O)Cn1ccnc1SCC(=O)O. The molecule has 0 atom stereocenters. The van der Waals surface area contributed by atoms with Gasteiger partial charge in [-0.05, 0) is 6.42 Å². The Kier molecular flexibility index (Phi) is 5.55. The maximum Gasteiger partial charge on any atom is 0.313 e. The van der Waals surface area contributed by atoms with E-state index in [-0.39, 0.29) is 18.2 Å². The number of hydrogen-bond donors (Lipinski definition) is 2. The highest BCUT2D eigenvalue weighted by Gasteiger charge is 2.09. The molecule has 6 nitrogen and oxygen atoms in total. The molecule has 1 aromatic heterocycles. The number of carboxylic acids is 1. The predicted molar refractivity (Wildman–Crippen MR) is 63.9 cm³/mol. The fourth-order valence-electron chi connectivity index (χ4n) is 1.16. The fraction of sp³-hybridized carbons (Fsp3) is 0.500. The lowest BCUT2D eigenvalue weighted by Gasteiger charge is -2.06. The van der Waals surface area contributed by atoms with Gasteiger partial charge in [0, 0.05) is 18.9 Å². The van der Waals surface area contributed by atoms with Gasteiger partial charge in [0.2, 0.25) is 5.91 Å². The number of nitrogens with one attached hydrogen (secondary N) is 1. The average Bonchev–Trinajstić information content (AvgIpc) is 2.71. The number of aromatic nitrogens is 2. The van der Waals surface area contributed by atoms with E-state index in [1.54, 1.807) is 17.0 Å². The second kappa shape index (κ2) is 6.95. The van der Waals surface area contributed by atoms with E-state index in [0.717, 1.165) is 18.2 Å². The summed E-state index contributed by atoms with van der Waals surface area (Å²) in [6.45, 7) is 2.79. The van der Waals surface area contributed by atoms with E-state index in [9.17, 15) is 9.59 Å². The summed E-state index contributed by atoms with van der Waals surface area (Å²) < 4.78 is 1.64. The van der Waals surface area contributed by atoms with Crippen LogP contribution in [0.15, 0.2) is 17.6 Å². The third kappa shape index (κ3) is 4.90. The number of carbonyl (C=O) groups excluding carboxylic acids is 1. The van der Waals surface area contributed by atoms with Gasteiger partial charge in [-0.25, -0.2) is 4.98 Å². The number of carbonyl (C=O) groups is 2. The summed E-state index contributed by atoms with van der Waals surface area (Å²) in [7, 11) is 0. The quantitative estimate of drug-likeness (QED) is 0.698. The molecule has 1 heterocycles. The molecule has 0 bridgehead atoms. The molecule has 0 aliphatic rings. The Morgan fingerprint density at radius 1 is 1.59 bits per heavy atom. The predicted octanol–water partition coefficient (Wildman–Crippen LogP) is 0.586. The van der Waals surface area contributed by atoms with Crippen LogP contribution in [-0.2, 0) is 16.1 Å². The number of thioether (sulfide) groups is 1. The van der Waals surface area contributed by atoms with Gasteiger partial charge >= 0.3 is 5.97 Å². The van der Waals surface area contributed by atoms with Crippen molar-refractivity contribution in [2.45, 2.75) is 25.0 Å². The lowest BCUT2D eigenvalue weighted by Crippen LogP contribution is -2.28. The number of amides is 1. The first kappa shape index (κ1) is 13.6. The summed E-state index contributed by atoms with van der Waals surface area (Å²) in [6, 6.07) is 0. The summed E-state index contributed by atoms with van der Waals surface area (Å²) in [6.07, 6.45) is 4.10. The largest absolute Gasteiger partial charge is 0.481 e. The molecular weight excluding hydrogens is 242 g/mol. The summed E-state index contributed by atoms with van der Waals surface area (Å²) in [5.74, 6) is -1.06. The Labute approximate surface area is 103 Å². The minimum Gasteiger partial charge on any atom is -0.481 e. The molecule has 0 saturated heterocycles. The normalized spacial score (nSPS) is 10.2. The molecule has 1 aromatic rings. The van der Waals surface area contributed by atoms with Gasteiger partial charge in [0.15, 0.2) is 5.16 Å². The van der Waals surface area contributed by atoms with E-state index < -0.39 is 5.97 Å². The maximum absolute atomic E-state index is 11.5. The first-order valence-corrected chi connectivity index (χ1v) is 6.24. The zero-order valence-corrected chi connectivity index (χ0v) is 10.4. The second-order valence-electron chi connectivity index (χ2n) is 3.37. The van der Waals surface area contributed by atoms with Gasteiger partial charge in [0.1, 0.15) is 6.54 Å². The van der Waals surface area contributed by atoms with Gasteiger partial charge in [-0.15, -0.1) is 0 Å². The first-order chi connectivity index (χ1) is 8.13. The van der Waals surface area contributed by atoms with Crippen LogP contribution in [0.1, 0.15) is 13.3 Å². The van der Waals surface area contributed by atoms with Gasteiger partial charge in [-0.1, -0.05) is 18.7 Å². The van der Waals surface area contributed by atoms with Crippen molar-refractivity contribution >= 4 is 23.6 Å². The fourth-order valence-corrected chi connectivity index (χ4v) is 1.84. The topological polar surface area (TPSA) is 84.2 Å². The molecule has 7 heteroatoms. The lowest BCUT2D eigenvalue weighted by molar-refractivity contribution is -0.133. The third-order valence-corrected chi connectivity index (χ3v) is 2.88. The van der Waals surface area contributed by atoms with E-state index in [4.69, 9.17) is 5.11 Å². The van der Waals surface area contributed by atoms with Gasteiger partial charge in [-0.3, -0.25) is 9.59 Å². The Balaban J connectivity index is 2.50. The van der Waals surface area contributed by atoms with Crippen molar-refractivity contribution in [3.63, 3.8) is 0 Å². The monoisotopic (exact) mass is 257 g/mol. The maximum atomic E-state index is 11.5. The average molecular weight is 257 g/mol. The van der Waals surface area contributed by atoms with E-state index in [0.29, 0.717) is 11.7 Å². The molecule has 0 aromatic carbocycles. The third-order valence-electron chi connectivity index (χ3n) is 1.89. The minimum atomic E-state index is -0.903. The van der Waals surface area contributed by atoms with E-state index in [1.165, 1.54) is 0 Å². The smallest absolute Gasteiger partial charge is 0.313 e. The zero-order chi connectivity index (χ0) is 12.7. The van der Waals surface area contributed by atoms with Gasteiger partial charge in [0.25, 0.3) is 0 Å². The Bertz CT molecular complexity index is 392. The molecule has 0 unspecified atom stereocenters. The summed E-state index contributed by atoms with van der Waals surface area (Å²) in [5, 5.41) is 11.9. The molecule has 0 radical (unpaired) electrons. The Hall–Kier alpha value is -1.50. The standard InChI is InChI=1S/C10H15N3O3S/c1-2-3-11-8(14)6-13-5-4-12-10(13)17-7-9(15)16/h4-5H,2-3,6-7H2,1H3,(H,11,14)(H,15,16). The molecule has 1 amide bonds. The number of aliphatic carboxylic acids is 1.